The van der Waals surface area contributed by atoms with E-state index in [2.05, 4.69) is 229 Å². The molecular formula is C62H42N2. The number of fused-ring (bicyclic) bond motifs is 6. The summed E-state index contributed by atoms with van der Waals surface area (Å²) in [6.07, 6.45) is 9.32. The standard InChI is InChI=1S/C62H42N2/c1-5-21-37(22-6-1)49-53-41-29-13-14-30-42(41)54-50(38-23-7-2-8-24-38)61-47-35-19-20-36-48(47)62(64-61)52(40-27-11-4-12-28-40)56-44-32-16-15-31-43(44)55(58(56)57(53)54)51(39-25-9-3-10-26-39)60-46-34-18-17-33-45(46)59(49)63-60/h1-36,45,57-59,63-64H/b53-49-,54-50-,55-51-,56-52-. The maximum absolute atomic E-state index is 4.39. The lowest BCUT2D eigenvalue weighted by Crippen LogP contribution is -2.31. The van der Waals surface area contributed by atoms with Crippen LogP contribution in [-0.2, 0) is 0 Å². The lowest BCUT2D eigenvalue weighted by atomic mass is 9.68. The Hall–Kier alpha value is -7.94. The molecule has 0 amide bonds. The van der Waals surface area contributed by atoms with Crippen molar-refractivity contribution in [2.45, 2.75) is 6.04 Å². The molecule has 0 saturated carbocycles. The first-order valence-electron chi connectivity index (χ1n) is 22.7. The van der Waals surface area contributed by atoms with Gasteiger partial charge >= 0.3 is 0 Å². The van der Waals surface area contributed by atoms with E-state index in [1.165, 1.54) is 123 Å². The van der Waals surface area contributed by atoms with E-state index in [1.54, 1.807) is 0 Å². The molecule has 64 heavy (non-hydrogen) atoms. The average molecular weight is 815 g/mol. The molecule has 2 heterocycles. The van der Waals surface area contributed by atoms with E-state index in [0.717, 1.165) is 0 Å². The summed E-state index contributed by atoms with van der Waals surface area (Å²) in [4.78, 5) is 4.28. The molecule has 0 spiro atoms. The fourth-order valence-corrected chi connectivity index (χ4v) is 12.4. The minimum atomic E-state index is -0.0881. The number of allylic oxidation sites excluding steroid dienone is 8. The predicted octanol–water partition coefficient (Wildman–Crippen LogP) is 14.2. The Morgan fingerprint density at radius 2 is 0.750 bits per heavy atom. The number of H-pyrrole nitrogens is 1. The van der Waals surface area contributed by atoms with Crippen molar-refractivity contribution in [3.8, 4) is 0 Å². The van der Waals surface area contributed by atoms with Gasteiger partial charge in [-0.1, -0.05) is 218 Å². The molecule has 1 aromatic heterocycles. The molecule has 4 bridgehead atoms. The van der Waals surface area contributed by atoms with Gasteiger partial charge in [0.25, 0.3) is 0 Å². The molecule has 4 unspecified atom stereocenters. The molecule has 0 saturated heterocycles. The number of rotatable bonds is 4. The topological polar surface area (TPSA) is 27.8 Å². The highest BCUT2D eigenvalue weighted by molar-refractivity contribution is 6.24. The van der Waals surface area contributed by atoms with Crippen LogP contribution < -0.4 is 5.32 Å². The maximum Gasteiger partial charge on any atom is 0.0627 e. The van der Waals surface area contributed by atoms with Crippen LogP contribution in [0.5, 0.6) is 0 Å². The number of benzene rings is 7. The van der Waals surface area contributed by atoms with E-state index in [0.29, 0.717) is 0 Å². The van der Waals surface area contributed by atoms with Crippen LogP contribution in [0.2, 0.25) is 0 Å². The summed E-state index contributed by atoms with van der Waals surface area (Å²) in [6, 6.07) is 72.8. The van der Waals surface area contributed by atoms with Gasteiger partial charge in [-0.05, 0) is 77.9 Å². The molecule has 8 aromatic rings. The smallest absolute Gasteiger partial charge is 0.0627 e. The van der Waals surface area contributed by atoms with Gasteiger partial charge in [0.1, 0.15) is 0 Å². The quantitative estimate of drug-likeness (QED) is 0.182. The van der Waals surface area contributed by atoms with Gasteiger partial charge in [0.15, 0.2) is 0 Å². The van der Waals surface area contributed by atoms with Crippen LogP contribution in [0.3, 0.4) is 0 Å². The second kappa shape index (κ2) is 13.8. The van der Waals surface area contributed by atoms with E-state index < -0.39 is 0 Å². The van der Waals surface area contributed by atoms with Crippen LogP contribution in [-0.4, -0.2) is 11.0 Å². The zero-order chi connectivity index (χ0) is 41.9. The van der Waals surface area contributed by atoms with Gasteiger partial charge in [-0.2, -0.15) is 0 Å². The number of nitrogens with one attached hydrogen (secondary N) is 2. The highest BCUT2D eigenvalue weighted by Crippen LogP contribution is 2.67. The van der Waals surface area contributed by atoms with Gasteiger partial charge in [-0.25, -0.2) is 0 Å². The Balaban J connectivity index is 1.29. The first kappa shape index (κ1) is 35.6. The molecule has 1 aliphatic heterocycles. The van der Waals surface area contributed by atoms with E-state index in [9.17, 15) is 0 Å². The molecule has 2 N–H and O–H groups in total. The van der Waals surface area contributed by atoms with Crippen molar-refractivity contribution in [1.29, 1.82) is 0 Å². The van der Waals surface area contributed by atoms with Crippen LogP contribution in [0.4, 0.5) is 0 Å². The molecule has 7 aromatic carbocycles. The van der Waals surface area contributed by atoms with Gasteiger partial charge in [-0.15, -0.1) is 0 Å². The summed E-state index contributed by atoms with van der Waals surface area (Å²) in [7, 11) is 0. The Morgan fingerprint density at radius 3 is 1.27 bits per heavy atom. The van der Waals surface area contributed by atoms with Crippen LogP contribution in [0, 0.1) is 17.8 Å². The van der Waals surface area contributed by atoms with Crippen molar-refractivity contribution in [3.05, 3.63) is 286 Å². The normalized spacial score (nSPS) is 25.6. The number of aromatic amines is 1. The van der Waals surface area contributed by atoms with Gasteiger partial charge in [0, 0.05) is 50.9 Å². The van der Waals surface area contributed by atoms with E-state index >= 15 is 0 Å². The Kier molecular flexibility index (Phi) is 7.67. The largest absolute Gasteiger partial charge is 0.377 e. The van der Waals surface area contributed by atoms with Crippen LogP contribution in [0.25, 0.3) is 55.4 Å². The van der Waals surface area contributed by atoms with Crippen LogP contribution in [0.1, 0.15) is 55.9 Å². The maximum atomic E-state index is 4.39. The second-order valence-corrected chi connectivity index (χ2v) is 17.8. The second-order valence-electron chi connectivity index (χ2n) is 17.8. The molecule has 300 valence electrons. The lowest BCUT2D eigenvalue weighted by Gasteiger charge is -2.33. The predicted molar refractivity (Wildman–Crippen MR) is 265 cm³/mol. The van der Waals surface area contributed by atoms with Gasteiger partial charge in [0.05, 0.1) is 17.4 Å². The number of aromatic nitrogens is 1. The third-order valence-corrected chi connectivity index (χ3v) is 14.8. The molecule has 14 rings (SSSR count). The highest BCUT2D eigenvalue weighted by Gasteiger charge is 2.53. The first-order chi connectivity index (χ1) is 31.8. The molecule has 6 aliphatic rings. The molecular weight excluding hydrogens is 773 g/mol. The third kappa shape index (κ3) is 4.91. The van der Waals surface area contributed by atoms with Crippen LogP contribution in [0.15, 0.2) is 230 Å². The SMILES string of the molecule is C1=CC2=C3NC(/C(c4ccccc4)=C4/c5ccccc5/C5=C(\c6ccccc6)c6[nH]c(c7ccccc67)/C(c6ccccc6)=C6/c7ccccc7/C(=C/3c3ccccc3)C6C54)C2C=C1. The van der Waals surface area contributed by atoms with Crippen molar-refractivity contribution in [1.82, 2.24) is 10.3 Å². The summed E-state index contributed by atoms with van der Waals surface area (Å²) < 4.78 is 0. The Morgan fingerprint density at radius 1 is 0.344 bits per heavy atom. The summed E-state index contributed by atoms with van der Waals surface area (Å²) in [5, 5.41) is 6.86. The summed E-state index contributed by atoms with van der Waals surface area (Å²) in [6.45, 7) is 0. The van der Waals surface area contributed by atoms with E-state index in [1.807, 2.05) is 0 Å². The summed E-state index contributed by atoms with van der Waals surface area (Å²) >= 11 is 0. The fourth-order valence-electron chi connectivity index (χ4n) is 12.4. The summed E-state index contributed by atoms with van der Waals surface area (Å²) in [5.74, 6) is -0.0352. The average Bonchev–Trinajstić information content (AvgIpc) is 4.12. The molecule has 0 fully saturated rings. The van der Waals surface area contributed by atoms with Crippen LogP contribution >= 0.6 is 0 Å². The zero-order valence-corrected chi connectivity index (χ0v) is 35.1. The van der Waals surface area contributed by atoms with Crippen molar-refractivity contribution in [2.75, 3.05) is 0 Å². The van der Waals surface area contributed by atoms with E-state index in [4.69, 9.17) is 0 Å². The van der Waals surface area contributed by atoms with E-state index in [-0.39, 0.29) is 23.8 Å². The lowest BCUT2D eigenvalue weighted by molar-refractivity contribution is 0.651. The first-order valence-corrected chi connectivity index (χ1v) is 22.7. The van der Waals surface area contributed by atoms with Crippen molar-refractivity contribution < 1.29 is 0 Å². The molecule has 2 heteroatoms. The monoisotopic (exact) mass is 814 g/mol. The Bertz CT molecular complexity index is 3500. The van der Waals surface area contributed by atoms with Crippen molar-refractivity contribution in [2.24, 2.45) is 17.8 Å². The Labute approximate surface area is 373 Å². The molecule has 4 atom stereocenters. The van der Waals surface area contributed by atoms with Crippen molar-refractivity contribution in [3.63, 3.8) is 0 Å². The van der Waals surface area contributed by atoms with Crippen molar-refractivity contribution >= 4 is 55.4 Å². The van der Waals surface area contributed by atoms with Gasteiger partial charge in [0.2, 0.25) is 0 Å². The third-order valence-electron chi connectivity index (χ3n) is 14.8. The number of hydrogen-bond donors (Lipinski definition) is 2. The highest BCUT2D eigenvalue weighted by atomic mass is 15.0. The summed E-state index contributed by atoms with van der Waals surface area (Å²) in [5.41, 5.74) is 25.8. The number of hydrogen-bond acceptors (Lipinski definition) is 1. The van der Waals surface area contributed by atoms with Gasteiger partial charge < -0.3 is 10.3 Å². The van der Waals surface area contributed by atoms with Gasteiger partial charge in [-0.3, -0.25) is 0 Å². The molecule has 0 radical (unpaired) electrons. The molecule has 2 nitrogen and oxygen atoms in total. The molecule has 5 aliphatic carbocycles. The minimum absolute atomic E-state index is 0.0180. The fraction of sp³-hybridized carbons (Fsp3) is 0.0645. The zero-order valence-electron chi connectivity index (χ0n) is 35.1. The minimum Gasteiger partial charge on any atom is -0.377 e.